The molecule has 1 unspecified atom stereocenters. The molecular formula is C40H57N3O5Si. The number of alkyl carbamates (subject to hydrolysis) is 1. The number of amides is 2. The minimum atomic E-state index is -2.81. The van der Waals surface area contributed by atoms with Crippen molar-refractivity contribution in [1.82, 2.24) is 10.6 Å². The van der Waals surface area contributed by atoms with Crippen molar-refractivity contribution in [3.8, 4) is 5.75 Å². The van der Waals surface area contributed by atoms with Gasteiger partial charge in [-0.15, -0.1) is 0 Å². The molecule has 8 nitrogen and oxygen atoms in total. The van der Waals surface area contributed by atoms with Crippen molar-refractivity contribution in [2.24, 2.45) is 5.92 Å². The summed E-state index contributed by atoms with van der Waals surface area (Å²) in [7, 11) is -0.836. The summed E-state index contributed by atoms with van der Waals surface area (Å²) in [5.41, 5.74) is 1.66. The summed E-state index contributed by atoms with van der Waals surface area (Å²) < 4.78 is 19.1. The zero-order valence-corrected chi connectivity index (χ0v) is 32.1. The molecule has 0 bridgehead atoms. The summed E-state index contributed by atoms with van der Waals surface area (Å²) in [6.07, 6.45) is 0.472. The molecule has 1 aliphatic heterocycles. The van der Waals surface area contributed by atoms with E-state index in [2.05, 4.69) is 105 Å². The molecule has 3 aromatic rings. The number of anilines is 1. The van der Waals surface area contributed by atoms with Gasteiger partial charge in [-0.2, -0.15) is 0 Å². The predicted octanol–water partition coefficient (Wildman–Crippen LogP) is 6.45. The number of hydrogen-bond acceptors (Lipinski definition) is 6. The van der Waals surface area contributed by atoms with Crippen LogP contribution >= 0.6 is 0 Å². The number of carbonyl (C=O) groups excluding carboxylic acids is 2. The second kappa shape index (κ2) is 15.8. The molecule has 3 atom stereocenters. The first kappa shape index (κ1) is 38.0. The van der Waals surface area contributed by atoms with Crippen LogP contribution in [0.4, 0.5) is 10.5 Å². The number of ether oxygens (including phenoxy) is 2. The summed E-state index contributed by atoms with van der Waals surface area (Å²) in [5.74, 6) is 0.702. The van der Waals surface area contributed by atoms with Crippen molar-refractivity contribution in [3.05, 3.63) is 84.4 Å². The van der Waals surface area contributed by atoms with Gasteiger partial charge in [-0.1, -0.05) is 108 Å². The topological polar surface area (TPSA) is 89.1 Å². The quantitative estimate of drug-likeness (QED) is 0.226. The van der Waals surface area contributed by atoms with E-state index in [1.54, 1.807) is 0 Å². The zero-order valence-electron chi connectivity index (χ0n) is 31.1. The molecule has 1 heterocycles. The second-order valence-corrected chi connectivity index (χ2v) is 19.9. The third kappa shape index (κ3) is 9.25. The molecule has 0 saturated carbocycles. The van der Waals surface area contributed by atoms with Gasteiger partial charge in [-0.25, -0.2) is 4.79 Å². The SMILES string of the molecule is CCC(COC(=O)NC(C)(C)C)Oc1ccc2c(c1)N(C)[C@@H](C(C)C)C(=O)N[C@H](CO[Si](c1ccccc1)(c1ccccc1)C(C)(C)C)C2. The fourth-order valence-electron chi connectivity index (χ4n) is 6.82. The van der Waals surface area contributed by atoms with E-state index in [0.29, 0.717) is 25.2 Å². The van der Waals surface area contributed by atoms with Gasteiger partial charge in [0.1, 0.15) is 24.5 Å². The summed E-state index contributed by atoms with van der Waals surface area (Å²) in [6.45, 7) is 19.2. The lowest BCUT2D eigenvalue weighted by molar-refractivity contribution is -0.124. The van der Waals surface area contributed by atoms with Crippen LogP contribution in [-0.2, 0) is 20.4 Å². The van der Waals surface area contributed by atoms with E-state index in [0.717, 1.165) is 11.3 Å². The summed E-state index contributed by atoms with van der Waals surface area (Å²) in [6, 6.07) is 26.6. The number of nitrogens with one attached hydrogen (secondary N) is 2. The molecule has 0 saturated heterocycles. The third-order valence-electron chi connectivity index (χ3n) is 9.12. The first-order valence-corrected chi connectivity index (χ1v) is 19.5. The Kier molecular flexibility index (Phi) is 12.3. The Labute approximate surface area is 295 Å². The Bertz CT molecular complexity index is 1500. The molecule has 2 amide bonds. The number of carbonyl (C=O) groups is 2. The van der Waals surface area contributed by atoms with Crippen LogP contribution in [-0.4, -0.2) is 64.3 Å². The summed E-state index contributed by atoms with van der Waals surface area (Å²) in [5, 5.41) is 8.43. The molecule has 0 aromatic heterocycles. The zero-order chi connectivity index (χ0) is 36.0. The lowest BCUT2D eigenvalue weighted by atomic mass is 9.95. The number of nitrogens with zero attached hydrogens (tertiary/aromatic N) is 1. The molecule has 1 aliphatic rings. The number of rotatable bonds is 11. The molecule has 266 valence electrons. The average molecular weight is 688 g/mol. The van der Waals surface area contributed by atoms with Crippen LogP contribution in [0.3, 0.4) is 0 Å². The molecular weight excluding hydrogens is 631 g/mol. The van der Waals surface area contributed by atoms with Crippen molar-refractivity contribution in [2.75, 3.05) is 25.2 Å². The molecule has 0 radical (unpaired) electrons. The first-order chi connectivity index (χ1) is 23.1. The van der Waals surface area contributed by atoms with Crippen LogP contribution in [0.2, 0.25) is 5.04 Å². The lowest BCUT2D eigenvalue weighted by Gasteiger charge is -2.44. The van der Waals surface area contributed by atoms with Crippen molar-refractivity contribution >= 4 is 36.4 Å². The monoisotopic (exact) mass is 687 g/mol. The van der Waals surface area contributed by atoms with Gasteiger partial charge in [-0.05, 0) is 66.6 Å². The number of benzene rings is 3. The number of likely N-dealkylation sites (N-methyl/N-ethyl adjacent to an activating group) is 1. The van der Waals surface area contributed by atoms with Gasteiger partial charge in [0.05, 0.1) is 12.6 Å². The summed E-state index contributed by atoms with van der Waals surface area (Å²) >= 11 is 0. The van der Waals surface area contributed by atoms with Gasteiger partial charge in [-0.3, -0.25) is 4.79 Å². The van der Waals surface area contributed by atoms with Crippen LogP contribution < -0.4 is 30.6 Å². The predicted molar refractivity (Wildman–Crippen MR) is 202 cm³/mol. The summed E-state index contributed by atoms with van der Waals surface area (Å²) in [4.78, 5) is 28.3. The van der Waals surface area contributed by atoms with E-state index >= 15 is 0 Å². The maximum Gasteiger partial charge on any atom is 0.407 e. The Morgan fingerprint density at radius 3 is 2.06 bits per heavy atom. The maximum absolute atomic E-state index is 14.0. The fraction of sp³-hybridized carbons (Fsp3) is 0.500. The highest BCUT2D eigenvalue weighted by atomic mass is 28.4. The molecule has 0 aliphatic carbocycles. The minimum absolute atomic E-state index is 0.0183. The molecule has 0 fully saturated rings. The fourth-order valence-corrected chi connectivity index (χ4v) is 11.4. The van der Waals surface area contributed by atoms with Gasteiger partial charge in [0.25, 0.3) is 8.32 Å². The van der Waals surface area contributed by atoms with Gasteiger partial charge in [0, 0.05) is 24.3 Å². The van der Waals surface area contributed by atoms with Gasteiger partial charge in [0.15, 0.2) is 0 Å². The largest absolute Gasteiger partial charge is 0.487 e. The lowest BCUT2D eigenvalue weighted by Crippen LogP contribution is -2.67. The maximum atomic E-state index is 14.0. The van der Waals surface area contributed by atoms with E-state index in [-0.39, 0.29) is 41.2 Å². The van der Waals surface area contributed by atoms with E-state index in [4.69, 9.17) is 13.9 Å². The Morgan fingerprint density at radius 2 is 1.55 bits per heavy atom. The van der Waals surface area contributed by atoms with Gasteiger partial charge in [0.2, 0.25) is 5.91 Å². The standard InChI is InChI=1S/C40H57N3O5Si/c1-11-31(27-46-38(45)42-39(4,5)6)48-32-23-22-29-24-30(41-37(44)36(28(2)3)43(10)35(29)25-32)26-47-49(40(7,8)9,33-18-14-12-15-19-33)34-20-16-13-17-21-34/h12-23,25,28,30-31,36H,11,24,26-27H2,1-10H3,(H,41,44)(H,42,45)/t30-,31?,36-/m0/s1. The van der Waals surface area contributed by atoms with E-state index in [1.165, 1.54) is 10.4 Å². The first-order valence-electron chi connectivity index (χ1n) is 17.6. The third-order valence-corrected chi connectivity index (χ3v) is 14.1. The Hall–Kier alpha value is -3.82. The minimum Gasteiger partial charge on any atom is -0.487 e. The van der Waals surface area contributed by atoms with Crippen molar-refractivity contribution in [3.63, 3.8) is 0 Å². The van der Waals surface area contributed by atoms with Crippen LogP contribution in [0, 0.1) is 5.92 Å². The smallest absolute Gasteiger partial charge is 0.407 e. The van der Waals surface area contributed by atoms with Crippen LogP contribution in [0.5, 0.6) is 5.75 Å². The normalized spacial score (nSPS) is 17.8. The van der Waals surface area contributed by atoms with E-state index in [9.17, 15) is 9.59 Å². The number of hydrogen-bond donors (Lipinski definition) is 2. The Morgan fingerprint density at radius 1 is 0.959 bits per heavy atom. The molecule has 49 heavy (non-hydrogen) atoms. The Balaban J connectivity index is 1.65. The van der Waals surface area contributed by atoms with Crippen molar-refractivity contribution in [1.29, 1.82) is 0 Å². The highest BCUT2D eigenvalue weighted by Crippen LogP contribution is 2.37. The second-order valence-electron chi connectivity index (χ2n) is 15.6. The van der Waals surface area contributed by atoms with E-state index in [1.807, 2.05) is 59.0 Å². The van der Waals surface area contributed by atoms with Crippen LogP contribution in [0.25, 0.3) is 0 Å². The molecule has 4 rings (SSSR count). The van der Waals surface area contributed by atoms with Crippen LogP contribution in [0.15, 0.2) is 78.9 Å². The van der Waals surface area contributed by atoms with Crippen molar-refractivity contribution < 1.29 is 23.5 Å². The number of fused-ring (bicyclic) bond motifs is 1. The van der Waals surface area contributed by atoms with Gasteiger partial charge < -0.3 is 29.4 Å². The van der Waals surface area contributed by atoms with Gasteiger partial charge >= 0.3 is 6.09 Å². The highest BCUT2D eigenvalue weighted by molar-refractivity contribution is 6.99. The van der Waals surface area contributed by atoms with E-state index < -0.39 is 20.5 Å². The highest BCUT2D eigenvalue weighted by Gasteiger charge is 2.50. The molecule has 2 N–H and O–H groups in total. The van der Waals surface area contributed by atoms with Crippen LogP contribution in [0.1, 0.15) is 74.3 Å². The van der Waals surface area contributed by atoms with Crippen molar-refractivity contribution in [2.45, 2.75) is 104 Å². The molecule has 9 heteroatoms. The molecule has 0 spiro atoms. The average Bonchev–Trinajstić information content (AvgIpc) is 3.02. The molecule has 3 aromatic carbocycles.